The monoisotopic (exact) mass is 220 g/mol. The Hall–Kier alpha value is -1.93. The van der Waals surface area contributed by atoms with E-state index in [0.29, 0.717) is 21.9 Å². The van der Waals surface area contributed by atoms with Crippen molar-refractivity contribution in [2.24, 2.45) is 0 Å². The lowest BCUT2D eigenvalue weighted by molar-refractivity contribution is -0.107. The highest BCUT2D eigenvalue weighted by Gasteiger charge is 2.08. The number of fused-ring (bicyclic) bond motifs is 1. The number of aromatic amines is 1. The molecule has 2 rings (SSSR count). The van der Waals surface area contributed by atoms with Gasteiger partial charge in [-0.3, -0.25) is 5.10 Å². The first-order valence-corrected chi connectivity index (χ1v) is 4.48. The summed E-state index contributed by atoms with van der Waals surface area (Å²) < 4.78 is 0. The van der Waals surface area contributed by atoms with Crippen molar-refractivity contribution in [1.82, 2.24) is 20.2 Å². The topological polar surface area (TPSA) is 71.5 Å². The fourth-order valence-corrected chi connectivity index (χ4v) is 1.31. The van der Waals surface area contributed by atoms with E-state index in [4.69, 9.17) is 11.6 Å². The predicted octanol–water partition coefficient (Wildman–Crippen LogP) is 0.947. The Bertz CT molecular complexity index is 566. The zero-order valence-electron chi connectivity index (χ0n) is 7.49. The Morgan fingerprint density at radius 1 is 1.53 bits per heavy atom. The van der Waals surface area contributed by atoms with Gasteiger partial charge >= 0.3 is 0 Å². The molecule has 0 aromatic carbocycles. The molecule has 1 N–H and O–H groups in total. The fourth-order valence-electron chi connectivity index (χ4n) is 1.09. The summed E-state index contributed by atoms with van der Waals surface area (Å²) in [5.74, 6) is 5.40. The second kappa shape index (κ2) is 4.07. The molecule has 2 aromatic heterocycles. The number of hydrogen-bond acceptors (Lipinski definition) is 4. The van der Waals surface area contributed by atoms with Gasteiger partial charge in [0, 0.05) is 0 Å². The lowest BCUT2D eigenvalue weighted by Crippen LogP contribution is -1.82. The van der Waals surface area contributed by atoms with Crippen molar-refractivity contribution < 1.29 is 4.79 Å². The van der Waals surface area contributed by atoms with Crippen LogP contribution in [0.2, 0.25) is 5.15 Å². The van der Waals surface area contributed by atoms with Crippen LogP contribution in [0.5, 0.6) is 0 Å². The second-order valence-electron chi connectivity index (χ2n) is 2.63. The summed E-state index contributed by atoms with van der Waals surface area (Å²) in [6.45, 7) is 0. The molecule has 5 nitrogen and oxygen atoms in total. The number of nitrogens with zero attached hydrogens (tertiary/aromatic N) is 3. The van der Waals surface area contributed by atoms with Crippen LogP contribution in [0.25, 0.3) is 11.0 Å². The van der Waals surface area contributed by atoms with E-state index in [1.165, 1.54) is 6.33 Å². The second-order valence-corrected chi connectivity index (χ2v) is 2.99. The molecule has 2 heterocycles. The van der Waals surface area contributed by atoms with Crippen LogP contribution < -0.4 is 0 Å². The molecule has 6 heteroatoms. The summed E-state index contributed by atoms with van der Waals surface area (Å²) in [5.41, 5.74) is 0.989. The minimum atomic E-state index is 0.172. The quantitative estimate of drug-likeness (QED) is 0.441. The molecular formula is C9H5ClN4O. The summed E-state index contributed by atoms with van der Waals surface area (Å²) >= 11 is 5.87. The van der Waals surface area contributed by atoms with E-state index >= 15 is 0 Å². The van der Waals surface area contributed by atoms with E-state index < -0.39 is 0 Å². The van der Waals surface area contributed by atoms with Crippen LogP contribution in [-0.2, 0) is 4.79 Å². The Labute approximate surface area is 89.9 Å². The van der Waals surface area contributed by atoms with Crippen LogP contribution >= 0.6 is 11.6 Å². The largest absolute Gasteiger partial charge is 0.302 e. The van der Waals surface area contributed by atoms with Crippen LogP contribution in [0.3, 0.4) is 0 Å². The molecule has 15 heavy (non-hydrogen) atoms. The maximum atomic E-state index is 10.1. The normalized spacial score (nSPS) is 9.67. The highest BCUT2D eigenvalue weighted by atomic mass is 35.5. The predicted molar refractivity (Wildman–Crippen MR) is 54.3 cm³/mol. The Morgan fingerprint density at radius 3 is 3.20 bits per heavy atom. The lowest BCUT2D eigenvalue weighted by Gasteiger charge is -1.89. The SMILES string of the molecule is O=CCC#Cc1[nH]nc2ncnc(Cl)c12. The first kappa shape index (κ1) is 9.62. The van der Waals surface area contributed by atoms with Gasteiger partial charge in [-0.1, -0.05) is 17.5 Å². The molecule has 0 atom stereocenters. The number of carbonyl (C=O) groups excluding carboxylic acids is 1. The van der Waals surface area contributed by atoms with E-state index in [0.717, 1.165) is 6.29 Å². The van der Waals surface area contributed by atoms with Crippen LogP contribution in [-0.4, -0.2) is 26.5 Å². The summed E-state index contributed by atoms with van der Waals surface area (Å²) in [5, 5.41) is 7.47. The van der Waals surface area contributed by atoms with Gasteiger partial charge in [0.25, 0.3) is 0 Å². The minimum Gasteiger partial charge on any atom is -0.302 e. The summed E-state index contributed by atoms with van der Waals surface area (Å²) in [6, 6.07) is 0. The van der Waals surface area contributed by atoms with E-state index in [1.807, 2.05) is 0 Å². The van der Waals surface area contributed by atoms with Gasteiger partial charge in [0.15, 0.2) is 5.65 Å². The number of nitrogens with one attached hydrogen (secondary N) is 1. The average Bonchev–Trinajstić information content (AvgIpc) is 2.63. The molecule has 0 radical (unpaired) electrons. The molecule has 0 saturated heterocycles. The number of aldehydes is 1. The number of halogens is 1. The van der Waals surface area contributed by atoms with Crippen molar-refractivity contribution in [3.63, 3.8) is 0 Å². The van der Waals surface area contributed by atoms with Crippen molar-refractivity contribution in [1.29, 1.82) is 0 Å². The van der Waals surface area contributed by atoms with Crippen molar-refractivity contribution in [2.75, 3.05) is 0 Å². The molecular weight excluding hydrogens is 216 g/mol. The molecule has 0 spiro atoms. The van der Waals surface area contributed by atoms with Crippen molar-refractivity contribution in [2.45, 2.75) is 6.42 Å². The van der Waals surface area contributed by atoms with Gasteiger partial charge < -0.3 is 4.79 Å². The molecule has 0 aliphatic rings. The van der Waals surface area contributed by atoms with Gasteiger partial charge in [-0.15, -0.1) is 0 Å². The summed E-state index contributed by atoms with van der Waals surface area (Å²) in [4.78, 5) is 17.8. The van der Waals surface area contributed by atoms with E-state index in [9.17, 15) is 4.79 Å². The van der Waals surface area contributed by atoms with Gasteiger partial charge in [-0.2, -0.15) is 5.10 Å². The molecule has 0 aliphatic heterocycles. The van der Waals surface area contributed by atoms with Gasteiger partial charge in [-0.25, -0.2) is 9.97 Å². The standard InChI is InChI=1S/C9H5ClN4O/c10-8-7-6(3-1-2-4-15)13-14-9(7)12-5-11-8/h4-5H,2H2,(H,11,12,13,14). The number of H-pyrrole nitrogens is 1. The molecule has 0 bridgehead atoms. The minimum absolute atomic E-state index is 0.172. The Kier molecular flexibility index (Phi) is 2.61. The maximum Gasteiger partial charge on any atom is 0.186 e. The van der Waals surface area contributed by atoms with Gasteiger partial charge in [0.2, 0.25) is 0 Å². The number of hydrogen-bond donors (Lipinski definition) is 1. The molecule has 74 valence electrons. The van der Waals surface area contributed by atoms with Gasteiger partial charge in [0.05, 0.1) is 11.8 Å². The summed E-state index contributed by atoms with van der Waals surface area (Å²) in [7, 11) is 0. The zero-order valence-corrected chi connectivity index (χ0v) is 8.25. The first-order valence-electron chi connectivity index (χ1n) is 4.10. The van der Waals surface area contributed by atoms with E-state index in [2.05, 4.69) is 32.0 Å². The highest BCUT2D eigenvalue weighted by Crippen LogP contribution is 2.19. The number of rotatable bonds is 1. The van der Waals surface area contributed by atoms with E-state index in [1.54, 1.807) is 0 Å². The van der Waals surface area contributed by atoms with Crippen molar-refractivity contribution in [3.8, 4) is 11.8 Å². The highest BCUT2D eigenvalue weighted by molar-refractivity contribution is 6.34. The van der Waals surface area contributed by atoms with Crippen LogP contribution in [0, 0.1) is 11.8 Å². The molecule has 0 amide bonds. The molecule has 0 aliphatic carbocycles. The zero-order chi connectivity index (χ0) is 10.7. The van der Waals surface area contributed by atoms with Crippen molar-refractivity contribution in [3.05, 3.63) is 17.2 Å². The molecule has 0 saturated carbocycles. The Balaban J connectivity index is 2.54. The average molecular weight is 221 g/mol. The third-order valence-electron chi connectivity index (χ3n) is 1.70. The van der Waals surface area contributed by atoms with Crippen LogP contribution in [0.1, 0.15) is 12.1 Å². The third kappa shape index (κ3) is 1.80. The molecule has 0 unspecified atom stereocenters. The van der Waals surface area contributed by atoms with Gasteiger partial charge in [-0.05, 0) is 5.92 Å². The maximum absolute atomic E-state index is 10.1. The van der Waals surface area contributed by atoms with Gasteiger partial charge in [0.1, 0.15) is 23.5 Å². The van der Waals surface area contributed by atoms with Crippen LogP contribution in [0.15, 0.2) is 6.33 Å². The van der Waals surface area contributed by atoms with Crippen LogP contribution in [0.4, 0.5) is 0 Å². The lowest BCUT2D eigenvalue weighted by atomic mass is 10.3. The third-order valence-corrected chi connectivity index (χ3v) is 1.99. The molecule has 2 aromatic rings. The number of aromatic nitrogens is 4. The molecule has 0 fully saturated rings. The fraction of sp³-hybridized carbons (Fsp3) is 0.111. The Morgan fingerprint density at radius 2 is 2.40 bits per heavy atom. The van der Waals surface area contributed by atoms with Crippen molar-refractivity contribution >= 4 is 28.9 Å². The smallest absolute Gasteiger partial charge is 0.186 e. The first-order chi connectivity index (χ1) is 7.33. The number of carbonyl (C=O) groups is 1. The van der Waals surface area contributed by atoms with E-state index in [-0.39, 0.29) is 6.42 Å². The summed E-state index contributed by atoms with van der Waals surface area (Å²) in [6.07, 6.45) is 2.23.